The van der Waals surface area contributed by atoms with Crippen LogP contribution in [0.2, 0.25) is 0 Å². The van der Waals surface area contributed by atoms with E-state index in [0.717, 1.165) is 28.7 Å². The third-order valence-electron chi connectivity index (χ3n) is 2.64. The molecule has 86 valence electrons. The average molecular weight is 283 g/mol. The van der Waals surface area contributed by atoms with Gasteiger partial charge in [-0.1, -0.05) is 0 Å². The molecule has 16 heavy (non-hydrogen) atoms. The number of likely N-dealkylation sites (N-methyl/N-ethyl adjacent to an activating group) is 1. The molecule has 0 saturated carbocycles. The number of halogens is 1. The Balaban J connectivity index is 2.42. The highest BCUT2D eigenvalue weighted by molar-refractivity contribution is 9.10. The summed E-state index contributed by atoms with van der Waals surface area (Å²) in [6, 6.07) is 6.05. The first-order valence-corrected chi connectivity index (χ1v) is 6.04. The van der Waals surface area contributed by atoms with Crippen LogP contribution in [0.3, 0.4) is 0 Å². The second-order valence-corrected chi connectivity index (χ2v) is 4.48. The average Bonchev–Trinajstić information content (AvgIpc) is 2.63. The van der Waals surface area contributed by atoms with Gasteiger partial charge in [-0.15, -0.1) is 0 Å². The largest absolute Gasteiger partial charge is 0.497 e. The van der Waals surface area contributed by atoms with E-state index < -0.39 is 0 Å². The van der Waals surface area contributed by atoms with Crippen LogP contribution in [-0.4, -0.2) is 25.7 Å². The molecule has 2 N–H and O–H groups in total. The number of rotatable bonds is 4. The van der Waals surface area contributed by atoms with E-state index in [1.165, 1.54) is 11.1 Å². The Hall–Kier alpha value is -1.00. The van der Waals surface area contributed by atoms with Crippen molar-refractivity contribution in [1.82, 2.24) is 10.3 Å². The first kappa shape index (κ1) is 11.5. The zero-order valence-corrected chi connectivity index (χ0v) is 11.0. The van der Waals surface area contributed by atoms with Crippen LogP contribution in [0.25, 0.3) is 10.9 Å². The molecule has 2 rings (SSSR count). The van der Waals surface area contributed by atoms with Crippen molar-refractivity contribution in [3.63, 3.8) is 0 Å². The van der Waals surface area contributed by atoms with Crippen LogP contribution in [0.4, 0.5) is 0 Å². The SMILES string of the molecule is CNCCc1[nH]c2ccc(OC)cc2c1Br. The van der Waals surface area contributed by atoms with E-state index in [1.807, 2.05) is 25.2 Å². The van der Waals surface area contributed by atoms with E-state index in [9.17, 15) is 0 Å². The summed E-state index contributed by atoms with van der Waals surface area (Å²) in [4.78, 5) is 3.41. The van der Waals surface area contributed by atoms with Crippen molar-refractivity contribution in [3.8, 4) is 5.75 Å². The van der Waals surface area contributed by atoms with Gasteiger partial charge in [-0.25, -0.2) is 0 Å². The van der Waals surface area contributed by atoms with Crippen molar-refractivity contribution in [2.75, 3.05) is 20.7 Å². The number of aromatic nitrogens is 1. The van der Waals surface area contributed by atoms with Crippen LogP contribution < -0.4 is 10.1 Å². The van der Waals surface area contributed by atoms with Gasteiger partial charge in [-0.2, -0.15) is 0 Å². The van der Waals surface area contributed by atoms with Gasteiger partial charge in [0.25, 0.3) is 0 Å². The molecule has 0 unspecified atom stereocenters. The van der Waals surface area contributed by atoms with Gasteiger partial charge in [-0.05, 0) is 41.2 Å². The Morgan fingerprint density at radius 3 is 2.94 bits per heavy atom. The van der Waals surface area contributed by atoms with Crippen molar-refractivity contribution < 1.29 is 4.74 Å². The summed E-state index contributed by atoms with van der Waals surface area (Å²) in [6.45, 7) is 0.961. The van der Waals surface area contributed by atoms with E-state index in [-0.39, 0.29) is 0 Å². The number of nitrogens with one attached hydrogen (secondary N) is 2. The lowest BCUT2D eigenvalue weighted by Crippen LogP contribution is -2.10. The molecule has 0 saturated heterocycles. The van der Waals surface area contributed by atoms with Crippen LogP contribution in [0.15, 0.2) is 22.7 Å². The van der Waals surface area contributed by atoms with Crippen LogP contribution in [-0.2, 0) is 6.42 Å². The number of benzene rings is 1. The minimum atomic E-state index is 0.882. The molecule has 4 heteroatoms. The van der Waals surface area contributed by atoms with E-state index in [0.29, 0.717) is 0 Å². The summed E-state index contributed by atoms with van der Waals surface area (Å²) in [5.74, 6) is 0.882. The molecule has 1 aromatic heterocycles. The predicted octanol–water partition coefficient (Wildman–Crippen LogP) is 2.70. The van der Waals surface area contributed by atoms with Gasteiger partial charge < -0.3 is 15.0 Å². The maximum atomic E-state index is 5.22. The van der Waals surface area contributed by atoms with Crippen molar-refractivity contribution in [2.45, 2.75) is 6.42 Å². The molecule has 0 radical (unpaired) electrons. The summed E-state index contributed by atoms with van der Waals surface area (Å²) in [5, 5.41) is 4.32. The number of aromatic amines is 1. The molecule has 0 spiro atoms. The van der Waals surface area contributed by atoms with E-state index >= 15 is 0 Å². The molecule has 0 atom stereocenters. The van der Waals surface area contributed by atoms with Gasteiger partial charge in [0.15, 0.2) is 0 Å². The predicted molar refractivity (Wildman–Crippen MR) is 70.2 cm³/mol. The lowest BCUT2D eigenvalue weighted by molar-refractivity contribution is 0.415. The lowest BCUT2D eigenvalue weighted by Gasteiger charge is -1.98. The fourth-order valence-electron chi connectivity index (χ4n) is 1.74. The molecule has 1 aromatic carbocycles. The maximum absolute atomic E-state index is 5.22. The minimum absolute atomic E-state index is 0.882. The maximum Gasteiger partial charge on any atom is 0.119 e. The number of hydrogen-bond donors (Lipinski definition) is 2. The number of fused-ring (bicyclic) bond motifs is 1. The third kappa shape index (κ3) is 2.08. The van der Waals surface area contributed by atoms with Gasteiger partial charge in [0.1, 0.15) is 5.75 Å². The van der Waals surface area contributed by atoms with Crippen LogP contribution in [0, 0.1) is 0 Å². The molecule has 0 aliphatic rings. The van der Waals surface area contributed by atoms with Gasteiger partial charge in [-0.3, -0.25) is 0 Å². The van der Waals surface area contributed by atoms with Gasteiger partial charge in [0, 0.05) is 34.0 Å². The van der Waals surface area contributed by atoms with Gasteiger partial charge in [0.05, 0.1) is 7.11 Å². The highest BCUT2D eigenvalue weighted by Crippen LogP contribution is 2.30. The lowest BCUT2D eigenvalue weighted by atomic mass is 10.2. The van der Waals surface area contributed by atoms with Gasteiger partial charge >= 0.3 is 0 Å². The van der Waals surface area contributed by atoms with Crippen molar-refractivity contribution >= 4 is 26.8 Å². The van der Waals surface area contributed by atoms with E-state index in [1.54, 1.807) is 7.11 Å². The van der Waals surface area contributed by atoms with Gasteiger partial charge in [0.2, 0.25) is 0 Å². The minimum Gasteiger partial charge on any atom is -0.497 e. The number of hydrogen-bond acceptors (Lipinski definition) is 2. The molecule has 1 heterocycles. The fourth-order valence-corrected chi connectivity index (χ4v) is 2.37. The molecule has 0 aliphatic heterocycles. The number of methoxy groups -OCH3 is 1. The monoisotopic (exact) mass is 282 g/mol. The molecule has 0 fully saturated rings. The Morgan fingerprint density at radius 1 is 1.44 bits per heavy atom. The third-order valence-corrected chi connectivity index (χ3v) is 3.54. The summed E-state index contributed by atoms with van der Waals surface area (Å²) in [5.41, 5.74) is 2.36. The van der Waals surface area contributed by atoms with Crippen molar-refractivity contribution in [2.24, 2.45) is 0 Å². The van der Waals surface area contributed by atoms with E-state index in [2.05, 4.69) is 26.2 Å². The normalized spacial score (nSPS) is 10.9. The highest BCUT2D eigenvalue weighted by Gasteiger charge is 2.09. The Kier molecular flexibility index (Phi) is 3.51. The Bertz CT molecular complexity index is 493. The van der Waals surface area contributed by atoms with Crippen molar-refractivity contribution in [3.05, 3.63) is 28.4 Å². The molecule has 0 bridgehead atoms. The molecular weight excluding hydrogens is 268 g/mol. The van der Waals surface area contributed by atoms with Crippen LogP contribution in [0.5, 0.6) is 5.75 Å². The molecular formula is C12H15BrN2O. The Morgan fingerprint density at radius 2 is 2.25 bits per heavy atom. The summed E-state index contributed by atoms with van der Waals surface area (Å²) < 4.78 is 6.36. The van der Waals surface area contributed by atoms with Crippen molar-refractivity contribution in [1.29, 1.82) is 0 Å². The fraction of sp³-hybridized carbons (Fsp3) is 0.333. The Labute approximate surface area is 103 Å². The van der Waals surface area contributed by atoms with E-state index in [4.69, 9.17) is 4.74 Å². The molecule has 0 aliphatic carbocycles. The quantitative estimate of drug-likeness (QED) is 0.905. The second kappa shape index (κ2) is 4.89. The molecule has 2 aromatic rings. The highest BCUT2D eigenvalue weighted by atomic mass is 79.9. The standard InChI is InChI=1S/C12H15BrN2O/c1-14-6-5-11-12(13)9-7-8(16-2)3-4-10(9)15-11/h3-4,7,14-15H,5-6H2,1-2H3. The molecule has 3 nitrogen and oxygen atoms in total. The topological polar surface area (TPSA) is 37.0 Å². The van der Waals surface area contributed by atoms with Crippen LogP contribution >= 0.6 is 15.9 Å². The smallest absolute Gasteiger partial charge is 0.119 e. The number of ether oxygens (including phenoxy) is 1. The number of H-pyrrole nitrogens is 1. The molecule has 0 amide bonds. The second-order valence-electron chi connectivity index (χ2n) is 3.68. The summed E-state index contributed by atoms with van der Waals surface area (Å²) >= 11 is 3.63. The first-order chi connectivity index (χ1) is 7.76. The zero-order chi connectivity index (χ0) is 11.5. The summed E-state index contributed by atoms with van der Waals surface area (Å²) in [7, 11) is 3.64. The zero-order valence-electron chi connectivity index (χ0n) is 9.43. The van der Waals surface area contributed by atoms with Crippen LogP contribution in [0.1, 0.15) is 5.69 Å². The first-order valence-electron chi connectivity index (χ1n) is 5.25. The summed E-state index contributed by atoms with van der Waals surface area (Å²) in [6.07, 6.45) is 0.980.